The van der Waals surface area contributed by atoms with E-state index < -0.39 is 28.5 Å². The molecule has 0 aliphatic carbocycles. The quantitative estimate of drug-likeness (QED) is 0.250. The number of nitrogens with zero attached hydrogens (tertiary/aromatic N) is 2. The molecule has 41 heavy (non-hydrogen) atoms. The number of benzene rings is 3. The predicted octanol–water partition coefficient (Wildman–Crippen LogP) is 6.53. The number of carbonyl (C=O) groups is 2. The van der Waals surface area contributed by atoms with Crippen LogP contribution in [0.2, 0.25) is 10.0 Å². The molecule has 7 nitrogen and oxygen atoms in total. The molecular weight excluding hydrogens is 581 g/mol. The van der Waals surface area contributed by atoms with Crippen molar-refractivity contribution in [2.24, 2.45) is 0 Å². The number of amides is 2. The third kappa shape index (κ3) is 8.24. The van der Waals surface area contributed by atoms with Gasteiger partial charge in [0.1, 0.15) is 12.6 Å². The van der Waals surface area contributed by atoms with E-state index in [9.17, 15) is 18.0 Å². The van der Waals surface area contributed by atoms with Gasteiger partial charge in [-0.05, 0) is 75.1 Å². The van der Waals surface area contributed by atoms with Crippen LogP contribution in [0.5, 0.6) is 0 Å². The first-order chi connectivity index (χ1) is 19.4. The number of nitrogens with one attached hydrogen (secondary N) is 1. The molecule has 10 heteroatoms. The maximum Gasteiger partial charge on any atom is 0.264 e. The standard InChI is InChI=1S/C31H37Cl2N3O4S/c1-6-23(5)34-31(38)29(7-2)35(19-24-11-9-8-10-22(24)4)30(37)20-36(27-17-25(32)16-26(33)18-27)41(39,40)28-14-12-21(3)13-15-28/h8-18,23,29H,6-7,19-20H2,1-5H3,(H,34,38). The van der Waals surface area contributed by atoms with E-state index in [0.717, 1.165) is 27.4 Å². The topological polar surface area (TPSA) is 86.8 Å². The molecule has 2 unspecified atom stereocenters. The van der Waals surface area contributed by atoms with Crippen LogP contribution >= 0.6 is 23.2 Å². The molecule has 0 radical (unpaired) electrons. The van der Waals surface area contributed by atoms with Crippen LogP contribution < -0.4 is 9.62 Å². The third-order valence-electron chi connectivity index (χ3n) is 7.01. The van der Waals surface area contributed by atoms with Crippen molar-refractivity contribution in [3.63, 3.8) is 0 Å². The Bertz CT molecular complexity index is 1460. The smallest absolute Gasteiger partial charge is 0.264 e. The molecule has 2 atom stereocenters. The van der Waals surface area contributed by atoms with E-state index in [1.165, 1.54) is 35.2 Å². The van der Waals surface area contributed by atoms with Crippen molar-refractivity contribution >= 4 is 50.7 Å². The van der Waals surface area contributed by atoms with Gasteiger partial charge in [0.25, 0.3) is 10.0 Å². The second kappa shape index (κ2) is 14.2. The zero-order chi connectivity index (χ0) is 30.3. The predicted molar refractivity (Wildman–Crippen MR) is 166 cm³/mol. The summed E-state index contributed by atoms with van der Waals surface area (Å²) in [6.45, 7) is 9.05. The van der Waals surface area contributed by atoms with Crippen molar-refractivity contribution < 1.29 is 18.0 Å². The van der Waals surface area contributed by atoms with Gasteiger partial charge in [0.15, 0.2) is 0 Å². The molecule has 0 bridgehead atoms. The minimum atomic E-state index is -4.22. The van der Waals surface area contributed by atoms with Gasteiger partial charge in [0, 0.05) is 22.6 Å². The summed E-state index contributed by atoms with van der Waals surface area (Å²) in [5.74, 6) is -0.825. The van der Waals surface area contributed by atoms with Crippen LogP contribution in [0.25, 0.3) is 0 Å². The molecule has 220 valence electrons. The SMILES string of the molecule is CCC(C)NC(=O)C(CC)N(Cc1ccccc1C)C(=O)CN(c1cc(Cl)cc(Cl)c1)S(=O)(=O)c1ccc(C)cc1. The summed E-state index contributed by atoms with van der Waals surface area (Å²) < 4.78 is 29.0. The Morgan fingerprint density at radius 1 is 0.902 bits per heavy atom. The lowest BCUT2D eigenvalue weighted by Crippen LogP contribution is -2.53. The molecule has 3 rings (SSSR count). The van der Waals surface area contributed by atoms with Gasteiger partial charge in [0.2, 0.25) is 11.8 Å². The Hall–Kier alpha value is -3.07. The van der Waals surface area contributed by atoms with Gasteiger partial charge >= 0.3 is 0 Å². The molecule has 0 fully saturated rings. The first-order valence-corrected chi connectivity index (χ1v) is 15.8. The highest BCUT2D eigenvalue weighted by molar-refractivity contribution is 7.92. The van der Waals surface area contributed by atoms with Crippen LogP contribution in [0.4, 0.5) is 5.69 Å². The lowest BCUT2D eigenvalue weighted by Gasteiger charge is -2.34. The third-order valence-corrected chi connectivity index (χ3v) is 9.24. The van der Waals surface area contributed by atoms with Gasteiger partial charge in [-0.3, -0.25) is 13.9 Å². The van der Waals surface area contributed by atoms with Gasteiger partial charge in [-0.1, -0.05) is 79.0 Å². The van der Waals surface area contributed by atoms with Gasteiger partial charge in [-0.25, -0.2) is 8.42 Å². The molecule has 0 saturated carbocycles. The van der Waals surface area contributed by atoms with E-state index >= 15 is 0 Å². The number of aryl methyl sites for hydroxylation is 2. The summed E-state index contributed by atoms with van der Waals surface area (Å²) in [5, 5.41) is 3.42. The fourth-order valence-electron chi connectivity index (χ4n) is 4.38. The van der Waals surface area contributed by atoms with E-state index in [4.69, 9.17) is 23.2 Å². The number of hydrogen-bond donors (Lipinski definition) is 1. The fraction of sp³-hybridized carbons (Fsp3) is 0.355. The van der Waals surface area contributed by atoms with E-state index in [0.29, 0.717) is 6.42 Å². The molecule has 0 aliphatic rings. The summed E-state index contributed by atoms with van der Waals surface area (Å²) in [6, 6.07) is 17.4. The summed E-state index contributed by atoms with van der Waals surface area (Å²) in [5.41, 5.74) is 2.84. The maximum atomic E-state index is 14.2. The van der Waals surface area contributed by atoms with Crippen molar-refractivity contribution in [1.82, 2.24) is 10.2 Å². The lowest BCUT2D eigenvalue weighted by molar-refractivity contribution is -0.140. The number of anilines is 1. The van der Waals surface area contributed by atoms with Crippen molar-refractivity contribution in [3.05, 3.63) is 93.5 Å². The van der Waals surface area contributed by atoms with Crippen LogP contribution in [0.1, 0.15) is 50.3 Å². The Morgan fingerprint density at radius 3 is 2.07 bits per heavy atom. The van der Waals surface area contributed by atoms with Crippen molar-refractivity contribution in [2.75, 3.05) is 10.8 Å². The Kier molecular flexibility index (Phi) is 11.2. The molecule has 2 amide bonds. The van der Waals surface area contributed by atoms with Gasteiger partial charge in [-0.2, -0.15) is 0 Å². The first-order valence-electron chi connectivity index (χ1n) is 13.6. The Morgan fingerprint density at radius 2 is 1.51 bits per heavy atom. The van der Waals surface area contributed by atoms with Crippen LogP contribution in [0.15, 0.2) is 71.6 Å². The molecule has 0 saturated heterocycles. The number of rotatable bonds is 12. The average molecular weight is 619 g/mol. The van der Waals surface area contributed by atoms with E-state index in [-0.39, 0.29) is 39.1 Å². The summed E-state index contributed by atoms with van der Waals surface area (Å²) in [7, 11) is -4.22. The van der Waals surface area contributed by atoms with Crippen LogP contribution in [-0.4, -0.2) is 43.8 Å². The summed E-state index contributed by atoms with van der Waals surface area (Å²) >= 11 is 12.5. The molecule has 3 aromatic rings. The highest BCUT2D eigenvalue weighted by Crippen LogP contribution is 2.30. The van der Waals surface area contributed by atoms with Gasteiger partial charge in [-0.15, -0.1) is 0 Å². The molecule has 3 aromatic carbocycles. The molecule has 0 heterocycles. The Labute approximate surface area is 253 Å². The molecule has 0 aliphatic heterocycles. The normalized spacial score (nSPS) is 12.9. The number of halogens is 2. The van der Waals surface area contributed by atoms with Crippen molar-refractivity contribution in [2.45, 2.75) is 71.0 Å². The molecular formula is C31H37Cl2N3O4S. The molecule has 0 spiro atoms. The second-order valence-corrected chi connectivity index (χ2v) is 12.9. The van der Waals surface area contributed by atoms with E-state index in [1.54, 1.807) is 12.1 Å². The van der Waals surface area contributed by atoms with Gasteiger partial charge in [0.05, 0.1) is 10.6 Å². The highest BCUT2D eigenvalue weighted by Gasteiger charge is 2.34. The average Bonchev–Trinajstić information content (AvgIpc) is 2.92. The maximum absolute atomic E-state index is 14.2. The van der Waals surface area contributed by atoms with E-state index in [1.807, 2.05) is 58.9 Å². The zero-order valence-electron chi connectivity index (χ0n) is 24.0. The highest BCUT2D eigenvalue weighted by atomic mass is 35.5. The van der Waals surface area contributed by atoms with Crippen molar-refractivity contribution in [1.29, 1.82) is 0 Å². The van der Waals surface area contributed by atoms with Crippen LogP contribution in [0, 0.1) is 13.8 Å². The van der Waals surface area contributed by atoms with E-state index in [2.05, 4.69) is 5.32 Å². The minimum Gasteiger partial charge on any atom is -0.352 e. The first kappa shape index (κ1) is 32.4. The second-order valence-electron chi connectivity index (χ2n) is 10.1. The Balaban J connectivity index is 2.10. The summed E-state index contributed by atoms with van der Waals surface area (Å²) in [4.78, 5) is 29.0. The number of sulfonamides is 1. The lowest BCUT2D eigenvalue weighted by atomic mass is 10.1. The van der Waals surface area contributed by atoms with Gasteiger partial charge < -0.3 is 10.2 Å². The van der Waals surface area contributed by atoms with Crippen LogP contribution in [-0.2, 0) is 26.2 Å². The fourth-order valence-corrected chi connectivity index (χ4v) is 6.29. The number of hydrogen-bond acceptors (Lipinski definition) is 4. The zero-order valence-corrected chi connectivity index (χ0v) is 26.4. The number of carbonyl (C=O) groups excluding carboxylic acids is 2. The molecule has 1 N–H and O–H groups in total. The monoisotopic (exact) mass is 617 g/mol. The van der Waals surface area contributed by atoms with Crippen molar-refractivity contribution in [3.8, 4) is 0 Å². The summed E-state index contributed by atoms with van der Waals surface area (Å²) in [6.07, 6.45) is 1.07. The minimum absolute atomic E-state index is 0.0130. The molecule has 0 aromatic heterocycles. The largest absolute Gasteiger partial charge is 0.352 e. The van der Waals surface area contributed by atoms with Crippen LogP contribution in [0.3, 0.4) is 0 Å².